The Balaban J connectivity index is 1.68. The maximum atomic E-state index is 9.70. The van der Waals surface area contributed by atoms with Crippen LogP contribution in [0.4, 0.5) is 0 Å². The van der Waals surface area contributed by atoms with Gasteiger partial charge in [-0.15, -0.1) is 11.3 Å². The molecule has 1 aromatic heterocycles. The van der Waals surface area contributed by atoms with Gasteiger partial charge in [0, 0.05) is 6.42 Å². The minimum Gasteiger partial charge on any atom is -0.241 e. The first-order valence-corrected chi connectivity index (χ1v) is 7.86. The third-order valence-corrected chi connectivity index (χ3v) is 6.04. The van der Waals surface area contributed by atoms with Gasteiger partial charge in [-0.1, -0.05) is 18.6 Å². The SMILES string of the molecule is N#CC1(Cc2nc3ccccc3s2)CC2CCC1C2. The normalized spacial score (nSPS) is 32.8. The van der Waals surface area contributed by atoms with Gasteiger partial charge in [0.15, 0.2) is 0 Å². The highest BCUT2D eigenvalue weighted by Crippen LogP contribution is 2.57. The summed E-state index contributed by atoms with van der Waals surface area (Å²) in [6.45, 7) is 0. The topological polar surface area (TPSA) is 36.7 Å². The van der Waals surface area contributed by atoms with Crippen molar-refractivity contribution in [2.24, 2.45) is 17.3 Å². The zero-order valence-corrected chi connectivity index (χ0v) is 11.6. The molecule has 3 unspecified atom stereocenters. The second-order valence-corrected chi connectivity index (χ2v) is 7.22. The van der Waals surface area contributed by atoms with E-state index >= 15 is 0 Å². The number of benzene rings is 1. The summed E-state index contributed by atoms with van der Waals surface area (Å²) in [4.78, 5) is 4.72. The van der Waals surface area contributed by atoms with Crippen molar-refractivity contribution in [3.63, 3.8) is 0 Å². The van der Waals surface area contributed by atoms with Crippen LogP contribution in [0.15, 0.2) is 24.3 Å². The van der Waals surface area contributed by atoms with E-state index in [4.69, 9.17) is 4.98 Å². The lowest BCUT2D eigenvalue weighted by Crippen LogP contribution is -2.28. The van der Waals surface area contributed by atoms with Crippen LogP contribution in [0.25, 0.3) is 10.2 Å². The van der Waals surface area contributed by atoms with E-state index < -0.39 is 0 Å². The average Bonchev–Trinajstić information content (AvgIpc) is 3.11. The Labute approximate surface area is 117 Å². The summed E-state index contributed by atoms with van der Waals surface area (Å²) in [6.07, 6.45) is 5.84. The van der Waals surface area contributed by atoms with Gasteiger partial charge in [0.05, 0.1) is 26.7 Å². The quantitative estimate of drug-likeness (QED) is 0.819. The fourth-order valence-corrected chi connectivity index (χ4v) is 5.19. The number of aromatic nitrogens is 1. The van der Waals surface area contributed by atoms with Gasteiger partial charge >= 0.3 is 0 Å². The molecule has 96 valence electrons. The molecule has 19 heavy (non-hydrogen) atoms. The molecule has 2 bridgehead atoms. The second-order valence-electron chi connectivity index (χ2n) is 6.10. The van der Waals surface area contributed by atoms with E-state index in [0.717, 1.165) is 29.3 Å². The number of nitrogens with zero attached hydrogens (tertiary/aromatic N) is 2. The van der Waals surface area contributed by atoms with Gasteiger partial charge < -0.3 is 0 Å². The van der Waals surface area contributed by atoms with E-state index in [2.05, 4.69) is 24.3 Å². The van der Waals surface area contributed by atoms with Crippen LogP contribution in [0.1, 0.15) is 30.7 Å². The Morgan fingerprint density at radius 1 is 1.37 bits per heavy atom. The molecular formula is C16H16N2S. The van der Waals surface area contributed by atoms with Crippen LogP contribution in [0, 0.1) is 28.6 Å². The van der Waals surface area contributed by atoms with Gasteiger partial charge in [0.25, 0.3) is 0 Å². The molecule has 0 aliphatic heterocycles. The van der Waals surface area contributed by atoms with Gasteiger partial charge in [-0.25, -0.2) is 4.98 Å². The predicted molar refractivity (Wildman–Crippen MR) is 76.8 cm³/mol. The lowest BCUT2D eigenvalue weighted by Gasteiger charge is -2.30. The maximum absolute atomic E-state index is 9.70. The lowest BCUT2D eigenvalue weighted by molar-refractivity contribution is 0.239. The van der Waals surface area contributed by atoms with Crippen LogP contribution in [-0.2, 0) is 6.42 Å². The van der Waals surface area contributed by atoms with E-state index in [1.165, 1.54) is 24.0 Å². The Morgan fingerprint density at radius 2 is 2.26 bits per heavy atom. The van der Waals surface area contributed by atoms with E-state index in [9.17, 15) is 5.26 Å². The zero-order chi connectivity index (χ0) is 12.9. The van der Waals surface area contributed by atoms with E-state index in [1.807, 2.05) is 6.07 Å². The van der Waals surface area contributed by atoms with Crippen molar-refractivity contribution in [1.82, 2.24) is 4.98 Å². The third kappa shape index (κ3) is 1.70. The predicted octanol–water partition coefficient (Wildman–Crippen LogP) is 4.17. The molecule has 4 rings (SSSR count). The number of para-hydroxylation sites is 1. The molecule has 3 atom stereocenters. The molecule has 2 nitrogen and oxygen atoms in total. The molecule has 1 aromatic carbocycles. The first-order chi connectivity index (χ1) is 9.29. The van der Waals surface area contributed by atoms with Crippen molar-refractivity contribution < 1.29 is 0 Å². The van der Waals surface area contributed by atoms with Crippen LogP contribution in [0.2, 0.25) is 0 Å². The summed E-state index contributed by atoms with van der Waals surface area (Å²) in [6, 6.07) is 10.9. The average molecular weight is 268 g/mol. The minimum absolute atomic E-state index is 0.114. The standard InChI is InChI=1S/C16H16N2S/c17-10-16(8-11-5-6-12(16)7-11)9-15-18-13-3-1-2-4-14(13)19-15/h1-4,11-12H,5-9H2. The fraction of sp³-hybridized carbons (Fsp3) is 0.500. The molecule has 2 aliphatic rings. The zero-order valence-electron chi connectivity index (χ0n) is 10.8. The summed E-state index contributed by atoms with van der Waals surface area (Å²) < 4.78 is 1.24. The molecule has 2 saturated carbocycles. The summed E-state index contributed by atoms with van der Waals surface area (Å²) in [5, 5.41) is 10.9. The monoisotopic (exact) mass is 268 g/mol. The Morgan fingerprint density at radius 3 is 2.95 bits per heavy atom. The molecule has 2 aromatic rings. The smallest absolute Gasteiger partial charge is 0.0954 e. The third-order valence-electron chi connectivity index (χ3n) is 5.00. The van der Waals surface area contributed by atoms with E-state index in [1.54, 1.807) is 11.3 Å². The molecule has 0 N–H and O–H groups in total. The molecule has 3 heteroatoms. The highest BCUT2D eigenvalue weighted by atomic mass is 32.1. The number of hydrogen-bond donors (Lipinski definition) is 0. The summed E-state index contributed by atoms with van der Waals surface area (Å²) in [5.74, 6) is 1.42. The van der Waals surface area contributed by atoms with Crippen molar-refractivity contribution >= 4 is 21.6 Å². The van der Waals surface area contributed by atoms with Crippen LogP contribution in [0.5, 0.6) is 0 Å². The Bertz CT molecular complexity index is 636. The summed E-state index contributed by atoms with van der Waals surface area (Å²) in [7, 11) is 0. The van der Waals surface area contributed by atoms with Crippen LogP contribution in [-0.4, -0.2) is 4.98 Å². The van der Waals surface area contributed by atoms with Crippen molar-refractivity contribution in [2.45, 2.75) is 32.1 Å². The Kier molecular flexibility index (Phi) is 2.43. The summed E-state index contributed by atoms with van der Waals surface area (Å²) >= 11 is 1.76. The lowest BCUT2D eigenvalue weighted by atomic mass is 9.72. The molecule has 0 spiro atoms. The van der Waals surface area contributed by atoms with Gasteiger partial charge in [-0.2, -0.15) is 5.26 Å². The number of hydrogen-bond acceptors (Lipinski definition) is 3. The van der Waals surface area contributed by atoms with Gasteiger partial charge in [-0.05, 0) is 43.2 Å². The van der Waals surface area contributed by atoms with E-state index in [0.29, 0.717) is 5.92 Å². The molecule has 2 fully saturated rings. The van der Waals surface area contributed by atoms with Crippen molar-refractivity contribution in [3.8, 4) is 6.07 Å². The molecule has 0 radical (unpaired) electrons. The van der Waals surface area contributed by atoms with Crippen molar-refractivity contribution in [3.05, 3.63) is 29.3 Å². The van der Waals surface area contributed by atoms with E-state index in [-0.39, 0.29) is 5.41 Å². The molecule has 0 saturated heterocycles. The van der Waals surface area contributed by atoms with Gasteiger partial charge in [0.1, 0.15) is 0 Å². The van der Waals surface area contributed by atoms with Crippen LogP contribution in [0.3, 0.4) is 0 Å². The van der Waals surface area contributed by atoms with Crippen LogP contribution >= 0.6 is 11.3 Å². The minimum atomic E-state index is -0.114. The number of nitriles is 1. The first-order valence-electron chi connectivity index (χ1n) is 7.05. The molecule has 2 aliphatic carbocycles. The second kappa shape index (κ2) is 4.05. The van der Waals surface area contributed by atoms with Crippen LogP contribution < -0.4 is 0 Å². The highest BCUT2D eigenvalue weighted by Gasteiger charge is 2.51. The van der Waals surface area contributed by atoms with Crippen molar-refractivity contribution in [2.75, 3.05) is 0 Å². The van der Waals surface area contributed by atoms with Gasteiger partial charge in [-0.3, -0.25) is 0 Å². The molecule has 1 heterocycles. The molecular weight excluding hydrogens is 252 g/mol. The Hall–Kier alpha value is -1.40. The largest absolute Gasteiger partial charge is 0.241 e. The number of thiazole rings is 1. The highest BCUT2D eigenvalue weighted by molar-refractivity contribution is 7.18. The van der Waals surface area contributed by atoms with Crippen molar-refractivity contribution in [1.29, 1.82) is 5.26 Å². The molecule has 0 amide bonds. The summed E-state index contributed by atoms with van der Waals surface area (Å²) in [5.41, 5.74) is 0.968. The maximum Gasteiger partial charge on any atom is 0.0954 e. The number of fused-ring (bicyclic) bond motifs is 3. The number of rotatable bonds is 2. The first kappa shape index (κ1) is 11.4. The van der Waals surface area contributed by atoms with Gasteiger partial charge in [0.2, 0.25) is 0 Å². The fourth-order valence-electron chi connectivity index (χ4n) is 4.10.